The first-order chi connectivity index (χ1) is 12.8. The quantitative estimate of drug-likeness (QED) is 0.248. The average molecular weight is 488 g/mol. The maximum Gasteiger partial charge on any atom is 0.193 e. The van der Waals surface area contributed by atoms with E-state index in [1.165, 1.54) is 19.4 Å². The van der Waals surface area contributed by atoms with Gasteiger partial charge >= 0.3 is 0 Å². The molecule has 0 saturated carbocycles. The Hall–Kier alpha value is -1.02. The SMILES string of the molecule is CCN(CC)CCCCNC(=NC)N1CCC(Oc2ccccc2)CC1.I. The van der Waals surface area contributed by atoms with Gasteiger partial charge in [0.05, 0.1) is 0 Å². The molecule has 27 heavy (non-hydrogen) atoms. The van der Waals surface area contributed by atoms with Gasteiger partial charge in [0.25, 0.3) is 0 Å². The van der Waals surface area contributed by atoms with E-state index >= 15 is 0 Å². The van der Waals surface area contributed by atoms with Crippen LogP contribution in [-0.4, -0.2) is 68.2 Å². The first kappa shape index (κ1) is 24.0. The number of hydrogen-bond acceptors (Lipinski definition) is 3. The molecule has 2 rings (SSSR count). The highest BCUT2D eigenvalue weighted by Crippen LogP contribution is 2.18. The first-order valence-corrected chi connectivity index (χ1v) is 10.2. The highest BCUT2D eigenvalue weighted by atomic mass is 127. The normalized spacial score (nSPS) is 15.6. The summed E-state index contributed by atoms with van der Waals surface area (Å²) in [7, 11) is 1.88. The van der Waals surface area contributed by atoms with Crippen molar-refractivity contribution in [3.05, 3.63) is 30.3 Å². The van der Waals surface area contributed by atoms with Crippen molar-refractivity contribution in [3.63, 3.8) is 0 Å². The van der Waals surface area contributed by atoms with Gasteiger partial charge in [-0.25, -0.2) is 0 Å². The molecule has 6 heteroatoms. The fraction of sp³-hybridized carbons (Fsp3) is 0.667. The number of para-hydroxylation sites is 1. The zero-order valence-corrected chi connectivity index (χ0v) is 19.5. The number of piperidine rings is 1. The smallest absolute Gasteiger partial charge is 0.193 e. The first-order valence-electron chi connectivity index (χ1n) is 10.2. The van der Waals surface area contributed by atoms with Crippen molar-refractivity contribution in [2.75, 3.05) is 46.3 Å². The monoisotopic (exact) mass is 488 g/mol. The van der Waals surface area contributed by atoms with Gasteiger partial charge in [-0.2, -0.15) is 0 Å². The lowest BCUT2D eigenvalue weighted by Gasteiger charge is -2.34. The maximum absolute atomic E-state index is 6.08. The molecule has 0 spiro atoms. The van der Waals surface area contributed by atoms with Crippen LogP contribution in [0.15, 0.2) is 35.3 Å². The summed E-state index contributed by atoms with van der Waals surface area (Å²) in [5.74, 6) is 2.01. The van der Waals surface area contributed by atoms with E-state index in [9.17, 15) is 0 Å². The lowest BCUT2D eigenvalue weighted by molar-refractivity contribution is 0.129. The molecular formula is C21H37IN4O. The van der Waals surface area contributed by atoms with E-state index in [2.05, 4.69) is 34.0 Å². The van der Waals surface area contributed by atoms with E-state index in [0.717, 1.165) is 57.3 Å². The van der Waals surface area contributed by atoms with Crippen molar-refractivity contribution in [3.8, 4) is 5.75 Å². The number of hydrogen-bond donors (Lipinski definition) is 1. The van der Waals surface area contributed by atoms with Crippen LogP contribution in [0.5, 0.6) is 5.75 Å². The highest BCUT2D eigenvalue weighted by Gasteiger charge is 2.22. The number of unbranched alkanes of at least 4 members (excludes halogenated alkanes) is 1. The van der Waals surface area contributed by atoms with Crippen LogP contribution < -0.4 is 10.1 Å². The highest BCUT2D eigenvalue weighted by molar-refractivity contribution is 14.0. The number of aliphatic imine (C=N–C) groups is 1. The van der Waals surface area contributed by atoms with Gasteiger partial charge in [-0.1, -0.05) is 32.0 Å². The van der Waals surface area contributed by atoms with Gasteiger partial charge in [0.2, 0.25) is 0 Å². The van der Waals surface area contributed by atoms with Gasteiger partial charge in [-0.3, -0.25) is 4.99 Å². The summed E-state index contributed by atoms with van der Waals surface area (Å²) in [5.41, 5.74) is 0. The summed E-state index contributed by atoms with van der Waals surface area (Å²) in [5, 5.41) is 3.53. The molecule has 1 fully saturated rings. The van der Waals surface area contributed by atoms with Crippen molar-refractivity contribution < 1.29 is 4.74 Å². The summed E-state index contributed by atoms with van der Waals surface area (Å²) in [6.07, 6.45) is 4.80. The lowest BCUT2D eigenvalue weighted by Crippen LogP contribution is -2.47. The zero-order chi connectivity index (χ0) is 18.6. The zero-order valence-electron chi connectivity index (χ0n) is 17.2. The van der Waals surface area contributed by atoms with E-state index in [0.29, 0.717) is 6.10 Å². The second-order valence-electron chi connectivity index (χ2n) is 6.83. The minimum atomic E-state index is 0. The summed E-state index contributed by atoms with van der Waals surface area (Å²) in [6.45, 7) is 10.9. The van der Waals surface area contributed by atoms with Crippen LogP contribution in [0.25, 0.3) is 0 Å². The molecule has 0 aromatic heterocycles. The molecule has 1 saturated heterocycles. The van der Waals surface area contributed by atoms with Crippen molar-refractivity contribution in [1.29, 1.82) is 0 Å². The van der Waals surface area contributed by atoms with Crippen LogP contribution in [0.2, 0.25) is 0 Å². The third-order valence-electron chi connectivity index (χ3n) is 5.08. The second kappa shape index (κ2) is 14.0. The molecule has 0 unspecified atom stereocenters. The number of likely N-dealkylation sites (tertiary alicyclic amines) is 1. The lowest BCUT2D eigenvalue weighted by atomic mass is 10.1. The summed E-state index contributed by atoms with van der Waals surface area (Å²) in [6, 6.07) is 10.1. The Morgan fingerprint density at radius 2 is 1.81 bits per heavy atom. The fourth-order valence-corrected chi connectivity index (χ4v) is 3.41. The molecular weight excluding hydrogens is 451 g/mol. The van der Waals surface area contributed by atoms with E-state index in [-0.39, 0.29) is 24.0 Å². The molecule has 1 aromatic carbocycles. The maximum atomic E-state index is 6.08. The van der Waals surface area contributed by atoms with Crippen LogP contribution in [0.3, 0.4) is 0 Å². The van der Waals surface area contributed by atoms with E-state index < -0.39 is 0 Å². The predicted octanol–water partition coefficient (Wildman–Crippen LogP) is 3.85. The number of benzene rings is 1. The topological polar surface area (TPSA) is 40.1 Å². The largest absolute Gasteiger partial charge is 0.490 e. The molecule has 0 radical (unpaired) electrons. The molecule has 1 N–H and O–H groups in total. The van der Waals surface area contributed by atoms with E-state index in [4.69, 9.17) is 4.74 Å². The van der Waals surface area contributed by atoms with Gasteiger partial charge in [0.15, 0.2) is 5.96 Å². The molecule has 0 aliphatic carbocycles. The van der Waals surface area contributed by atoms with Gasteiger partial charge in [0, 0.05) is 39.5 Å². The second-order valence-corrected chi connectivity index (χ2v) is 6.83. The Morgan fingerprint density at radius 1 is 1.15 bits per heavy atom. The molecule has 5 nitrogen and oxygen atoms in total. The molecule has 1 heterocycles. The van der Waals surface area contributed by atoms with E-state index in [1.54, 1.807) is 0 Å². The van der Waals surface area contributed by atoms with Crippen molar-refractivity contribution in [1.82, 2.24) is 15.1 Å². The number of nitrogens with one attached hydrogen (secondary N) is 1. The van der Waals surface area contributed by atoms with Crippen LogP contribution in [0, 0.1) is 0 Å². The average Bonchev–Trinajstić information content (AvgIpc) is 2.69. The van der Waals surface area contributed by atoms with Crippen LogP contribution in [0.1, 0.15) is 39.5 Å². The van der Waals surface area contributed by atoms with Crippen molar-refractivity contribution >= 4 is 29.9 Å². The van der Waals surface area contributed by atoms with Crippen LogP contribution >= 0.6 is 24.0 Å². The molecule has 1 aliphatic rings. The molecule has 0 amide bonds. The standard InChI is InChI=1S/C21H36N4O.HI/c1-4-24(5-2)16-10-9-15-23-21(22-3)25-17-13-20(14-18-25)26-19-11-7-6-8-12-19;/h6-8,11-12,20H,4-5,9-10,13-18H2,1-3H3,(H,22,23);1H. The van der Waals surface area contributed by atoms with E-state index in [1.807, 2.05) is 37.4 Å². The van der Waals surface area contributed by atoms with Crippen LogP contribution in [-0.2, 0) is 0 Å². The Labute approximate surface area is 182 Å². The Kier molecular flexibility index (Phi) is 12.5. The van der Waals surface area contributed by atoms with Crippen LogP contribution in [0.4, 0.5) is 0 Å². The van der Waals surface area contributed by atoms with Gasteiger partial charge < -0.3 is 19.9 Å². The number of ether oxygens (including phenoxy) is 1. The molecule has 154 valence electrons. The molecule has 1 aliphatic heterocycles. The Bertz CT molecular complexity index is 514. The predicted molar refractivity (Wildman–Crippen MR) is 125 cm³/mol. The third-order valence-corrected chi connectivity index (χ3v) is 5.08. The Morgan fingerprint density at radius 3 is 2.41 bits per heavy atom. The van der Waals surface area contributed by atoms with Crippen molar-refractivity contribution in [2.24, 2.45) is 4.99 Å². The number of guanidine groups is 1. The minimum absolute atomic E-state index is 0. The minimum Gasteiger partial charge on any atom is -0.490 e. The summed E-state index contributed by atoms with van der Waals surface area (Å²) in [4.78, 5) is 9.30. The van der Waals surface area contributed by atoms with Gasteiger partial charge in [0.1, 0.15) is 11.9 Å². The summed E-state index contributed by atoms with van der Waals surface area (Å²) >= 11 is 0. The Balaban J connectivity index is 0.00000364. The summed E-state index contributed by atoms with van der Waals surface area (Å²) < 4.78 is 6.08. The number of nitrogens with zero attached hydrogens (tertiary/aromatic N) is 3. The molecule has 1 aromatic rings. The number of rotatable bonds is 9. The molecule has 0 bridgehead atoms. The fourth-order valence-electron chi connectivity index (χ4n) is 3.41. The van der Waals surface area contributed by atoms with Gasteiger partial charge in [-0.05, 0) is 44.6 Å². The van der Waals surface area contributed by atoms with Gasteiger partial charge in [-0.15, -0.1) is 24.0 Å². The van der Waals surface area contributed by atoms with Crippen molar-refractivity contribution in [2.45, 2.75) is 45.6 Å². The third kappa shape index (κ3) is 8.68. The number of halogens is 1. The molecule has 0 atom stereocenters.